The number of nitrogens with zero attached hydrogens (tertiary/aromatic N) is 1. The first-order valence-corrected chi connectivity index (χ1v) is 8.24. The molecule has 0 bridgehead atoms. The summed E-state index contributed by atoms with van der Waals surface area (Å²) in [5, 5.41) is 2.90. The van der Waals surface area contributed by atoms with Gasteiger partial charge in [-0.15, -0.1) is 0 Å². The molecule has 116 valence electrons. The van der Waals surface area contributed by atoms with Crippen LogP contribution in [0.2, 0.25) is 0 Å². The molecule has 0 fully saturated rings. The third-order valence-corrected chi connectivity index (χ3v) is 4.48. The van der Waals surface area contributed by atoms with Gasteiger partial charge in [0.2, 0.25) is 5.12 Å². The predicted octanol–water partition coefficient (Wildman–Crippen LogP) is 3.49. The van der Waals surface area contributed by atoms with Crippen LogP contribution >= 0.6 is 23.3 Å². The fraction of sp³-hybridized carbons (Fsp3) is 0. The summed E-state index contributed by atoms with van der Waals surface area (Å²) in [7, 11) is 0. The molecule has 0 atom stereocenters. The summed E-state index contributed by atoms with van der Waals surface area (Å²) in [6, 6.07) is 13.6. The van der Waals surface area contributed by atoms with Crippen molar-refractivity contribution in [2.24, 2.45) is 0 Å². The number of hydrogen-bond donors (Lipinski definition) is 3. The van der Waals surface area contributed by atoms with Crippen molar-refractivity contribution in [3.05, 3.63) is 54.1 Å². The first-order valence-electron chi connectivity index (χ1n) is 6.61. The van der Waals surface area contributed by atoms with Gasteiger partial charge >= 0.3 is 6.03 Å². The van der Waals surface area contributed by atoms with Crippen molar-refractivity contribution in [3.63, 3.8) is 0 Å². The minimum absolute atomic E-state index is 0.233. The summed E-state index contributed by atoms with van der Waals surface area (Å²) in [5.41, 5.74) is 7.47. The van der Waals surface area contributed by atoms with Crippen molar-refractivity contribution in [1.29, 1.82) is 0 Å². The van der Waals surface area contributed by atoms with Gasteiger partial charge in [-0.3, -0.25) is 9.52 Å². The molecule has 2 aromatic carbocycles. The molecule has 2 amide bonds. The second-order valence-electron chi connectivity index (χ2n) is 4.55. The molecule has 1 aromatic heterocycles. The predicted molar refractivity (Wildman–Crippen MR) is 94.6 cm³/mol. The van der Waals surface area contributed by atoms with E-state index in [0.717, 1.165) is 22.2 Å². The standard InChI is InChI=1S/C15H12N4O2S2/c16-14-18-11-8-10(6-7-12(11)22-14)17-15(21)19-23-13(20)9-4-2-1-3-5-9/h1-8H,(H2,16,18)(H2,17,19,21). The SMILES string of the molecule is Nc1nc2cc(NC(=O)NSC(=O)c3ccccc3)ccc2s1. The molecule has 0 aliphatic heterocycles. The monoisotopic (exact) mass is 344 g/mol. The Morgan fingerprint density at radius 3 is 2.70 bits per heavy atom. The van der Waals surface area contributed by atoms with E-state index in [4.69, 9.17) is 5.73 Å². The molecule has 23 heavy (non-hydrogen) atoms. The number of nitrogens with one attached hydrogen (secondary N) is 2. The lowest BCUT2D eigenvalue weighted by Crippen LogP contribution is -2.24. The number of urea groups is 1. The van der Waals surface area contributed by atoms with Gasteiger partial charge in [0.1, 0.15) is 0 Å². The minimum Gasteiger partial charge on any atom is -0.375 e. The zero-order valence-corrected chi connectivity index (χ0v) is 13.4. The number of aromatic nitrogens is 1. The first-order chi connectivity index (χ1) is 11.1. The molecule has 1 heterocycles. The molecule has 0 aliphatic rings. The zero-order chi connectivity index (χ0) is 16.2. The fourth-order valence-corrected chi connectivity index (χ4v) is 3.11. The Morgan fingerprint density at radius 1 is 1.13 bits per heavy atom. The van der Waals surface area contributed by atoms with Crippen LogP contribution in [0.3, 0.4) is 0 Å². The average Bonchev–Trinajstić information content (AvgIpc) is 2.92. The summed E-state index contributed by atoms with van der Waals surface area (Å²) in [6.07, 6.45) is 0. The molecule has 0 saturated carbocycles. The lowest BCUT2D eigenvalue weighted by atomic mass is 10.2. The summed E-state index contributed by atoms with van der Waals surface area (Å²) in [4.78, 5) is 27.9. The number of nitrogen functional groups attached to an aromatic ring is 1. The number of benzene rings is 2. The average molecular weight is 344 g/mol. The molecule has 8 heteroatoms. The van der Waals surface area contributed by atoms with E-state index >= 15 is 0 Å². The molecule has 3 rings (SSSR count). The number of carbonyl (C=O) groups excluding carboxylic acids is 2. The van der Waals surface area contributed by atoms with Crippen LogP contribution in [0.1, 0.15) is 10.4 Å². The topological polar surface area (TPSA) is 97.1 Å². The van der Waals surface area contributed by atoms with Crippen LogP contribution < -0.4 is 15.8 Å². The molecular formula is C15H12N4O2S2. The van der Waals surface area contributed by atoms with Gasteiger partial charge in [-0.1, -0.05) is 41.7 Å². The molecule has 0 spiro atoms. The minimum atomic E-state index is -0.484. The highest BCUT2D eigenvalue weighted by atomic mass is 32.2. The van der Waals surface area contributed by atoms with Gasteiger partial charge in [-0.2, -0.15) is 0 Å². The number of amides is 2. The van der Waals surface area contributed by atoms with Crippen molar-refractivity contribution in [2.45, 2.75) is 0 Å². The molecule has 3 aromatic rings. The largest absolute Gasteiger partial charge is 0.375 e. The number of fused-ring (bicyclic) bond motifs is 1. The van der Waals surface area contributed by atoms with Gasteiger partial charge in [0.25, 0.3) is 0 Å². The van der Waals surface area contributed by atoms with Crippen LogP contribution in [0.25, 0.3) is 10.2 Å². The Bertz CT molecular complexity index is 864. The van der Waals surface area contributed by atoms with Crippen molar-refractivity contribution >= 4 is 55.5 Å². The number of hydrogen-bond acceptors (Lipinski definition) is 6. The molecule has 0 unspecified atom stereocenters. The Hall–Kier alpha value is -2.58. The van der Waals surface area contributed by atoms with Gasteiger partial charge in [-0.05, 0) is 18.2 Å². The summed E-state index contributed by atoms with van der Waals surface area (Å²) in [5.74, 6) is 0. The maximum Gasteiger partial charge on any atom is 0.329 e. The van der Waals surface area contributed by atoms with Crippen LogP contribution in [0, 0.1) is 0 Å². The van der Waals surface area contributed by atoms with Gasteiger partial charge in [0.05, 0.1) is 10.2 Å². The van der Waals surface area contributed by atoms with Gasteiger partial charge in [0.15, 0.2) is 5.13 Å². The highest BCUT2D eigenvalue weighted by molar-refractivity contribution is 8.12. The second-order valence-corrected chi connectivity index (χ2v) is 6.39. The molecule has 0 aliphatic carbocycles. The first kappa shape index (κ1) is 15.3. The van der Waals surface area contributed by atoms with Crippen LogP contribution in [-0.2, 0) is 0 Å². The van der Waals surface area contributed by atoms with E-state index in [2.05, 4.69) is 15.0 Å². The van der Waals surface area contributed by atoms with Crippen LogP contribution in [0.5, 0.6) is 0 Å². The van der Waals surface area contributed by atoms with E-state index in [1.54, 1.807) is 36.4 Å². The third kappa shape index (κ3) is 3.79. The molecule has 0 saturated heterocycles. The highest BCUT2D eigenvalue weighted by Gasteiger charge is 2.10. The van der Waals surface area contributed by atoms with Crippen molar-refractivity contribution in [1.82, 2.24) is 9.71 Å². The van der Waals surface area contributed by atoms with Crippen molar-refractivity contribution in [3.8, 4) is 0 Å². The van der Waals surface area contributed by atoms with Gasteiger partial charge in [-0.25, -0.2) is 9.78 Å². The number of rotatable bonds is 2. The quantitative estimate of drug-likeness (QED) is 0.618. The number of carbonyl (C=O) groups is 2. The molecule has 0 radical (unpaired) electrons. The Kier molecular flexibility index (Phi) is 4.45. The van der Waals surface area contributed by atoms with Crippen molar-refractivity contribution in [2.75, 3.05) is 11.1 Å². The zero-order valence-electron chi connectivity index (χ0n) is 11.8. The fourth-order valence-electron chi connectivity index (χ4n) is 1.91. The highest BCUT2D eigenvalue weighted by Crippen LogP contribution is 2.26. The van der Waals surface area contributed by atoms with E-state index in [0.29, 0.717) is 16.4 Å². The lowest BCUT2D eigenvalue weighted by Gasteiger charge is -2.06. The molecule has 4 N–H and O–H groups in total. The van der Waals surface area contributed by atoms with E-state index < -0.39 is 6.03 Å². The smallest absolute Gasteiger partial charge is 0.329 e. The summed E-state index contributed by atoms with van der Waals surface area (Å²) in [6.45, 7) is 0. The van der Waals surface area contributed by atoms with Crippen LogP contribution in [0.15, 0.2) is 48.5 Å². The van der Waals surface area contributed by atoms with E-state index in [1.165, 1.54) is 11.3 Å². The molecular weight excluding hydrogens is 332 g/mol. The lowest BCUT2D eigenvalue weighted by molar-refractivity contribution is 0.108. The van der Waals surface area contributed by atoms with E-state index in [1.807, 2.05) is 12.1 Å². The third-order valence-electron chi connectivity index (χ3n) is 2.91. The Labute approximate surface area is 140 Å². The van der Waals surface area contributed by atoms with Gasteiger partial charge in [0, 0.05) is 23.2 Å². The molecule has 6 nitrogen and oxygen atoms in total. The number of nitrogens with two attached hydrogens (primary N) is 1. The van der Waals surface area contributed by atoms with E-state index in [-0.39, 0.29) is 5.12 Å². The van der Waals surface area contributed by atoms with E-state index in [9.17, 15) is 9.59 Å². The summed E-state index contributed by atoms with van der Waals surface area (Å²) >= 11 is 2.11. The number of thiazole rings is 1. The van der Waals surface area contributed by atoms with Gasteiger partial charge < -0.3 is 11.1 Å². The summed E-state index contributed by atoms with van der Waals surface area (Å²) < 4.78 is 3.40. The van der Waals surface area contributed by atoms with Crippen molar-refractivity contribution < 1.29 is 9.59 Å². The second kappa shape index (κ2) is 6.67. The number of anilines is 2. The Balaban J connectivity index is 1.59. The normalized spacial score (nSPS) is 10.4. The van der Waals surface area contributed by atoms with Crippen LogP contribution in [-0.4, -0.2) is 16.1 Å². The van der Waals surface area contributed by atoms with Crippen LogP contribution in [0.4, 0.5) is 15.6 Å². The Morgan fingerprint density at radius 2 is 1.91 bits per heavy atom. The maximum absolute atomic E-state index is 11.9. The maximum atomic E-state index is 11.9.